The number of hydrogen-bond acceptors (Lipinski definition) is 6. The topological polar surface area (TPSA) is 103 Å². The molecular weight excluding hydrogens is 440 g/mol. The summed E-state index contributed by atoms with van der Waals surface area (Å²) in [5, 5.41) is 12.4. The van der Waals surface area contributed by atoms with Gasteiger partial charge in [-0.25, -0.2) is 8.42 Å². The smallest absolute Gasteiger partial charge is 0.267 e. The number of rotatable bonds is 6. The molecule has 3 rings (SSSR count). The van der Waals surface area contributed by atoms with Crippen molar-refractivity contribution in [3.05, 3.63) is 65.3 Å². The van der Waals surface area contributed by atoms with Crippen LogP contribution in [0.25, 0.3) is 0 Å². The molecule has 162 valence electrons. The molecule has 2 aromatic rings. The molecule has 0 atom stereocenters. The molecule has 0 unspecified atom stereocenters. The minimum Gasteiger partial charge on any atom is -0.495 e. The van der Waals surface area contributed by atoms with Gasteiger partial charge >= 0.3 is 0 Å². The Labute approximate surface area is 186 Å². The summed E-state index contributed by atoms with van der Waals surface area (Å²) in [6, 6.07) is 14.9. The number of nitrogens with zero attached hydrogens (tertiary/aromatic N) is 3. The Hall–Kier alpha value is -3.06. The monoisotopic (exact) mass is 460 g/mol. The van der Waals surface area contributed by atoms with Gasteiger partial charge in [0.05, 0.1) is 17.0 Å². The number of nitriles is 1. The molecule has 10 heteroatoms. The van der Waals surface area contributed by atoms with Gasteiger partial charge in [0, 0.05) is 38.1 Å². The summed E-state index contributed by atoms with van der Waals surface area (Å²) in [6.07, 6.45) is 1.45. The normalized spacial score (nSPS) is 15.3. The van der Waals surface area contributed by atoms with Crippen molar-refractivity contribution in [3.63, 3.8) is 0 Å². The number of halogens is 1. The van der Waals surface area contributed by atoms with E-state index in [9.17, 15) is 18.5 Å². The van der Waals surface area contributed by atoms with Crippen molar-refractivity contribution in [1.82, 2.24) is 9.21 Å². The molecule has 1 amide bonds. The van der Waals surface area contributed by atoms with E-state index in [0.29, 0.717) is 29.5 Å². The maximum Gasteiger partial charge on any atom is 0.267 e. The van der Waals surface area contributed by atoms with Crippen molar-refractivity contribution in [2.24, 2.45) is 0 Å². The number of benzene rings is 2. The van der Waals surface area contributed by atoms with Crippen molar-refractivity contribution in [1.29, 1.82) is 5.26 Å². The second kappa shape index (κ2) is 9.83. The summed E-state index contributed by atoms with van der Waals surface area (Å²) in [4.78, 5) is 14.5. The van der Waals surface area contributed by atoms with Crippen LogP contribution in [0.3, 0.4) is 0 Å². The number of carbonyl (C=O) groups excluding carboxylic acids is 1. The van der Waals surface area contributed by atoms with Crippen molar-refractivity contribution >= 4 is 33.2 Å². The Morgan fingerprint density at radius 2 is 1.84 bits per heavy atom. The van der Waals surface area contributed by atoms with Gasteiger partial charge in [-0.1, -0.05) is 29.8 Å². The first-order chi connectivity index (χ1) is 14.8. The number of carbonyl (C=O) groups is 1. The highest BCUT2D eigenvalue weighted by Gasteiger charge is 2.28. The first kappa shape index (κ1) is 22.6. The van der Waals surface area contributed by atoms with Gasteiger partial charge in [-0.3, -0.25) is 4.79 Å². The van der Waals surface area contributed by atoms with Crippen LogP contribution in [0, 0.1) is 11.3 Å². The Morgan fingerprint density at radius 1 is 1.16 bits per heavy atom. The van der Waals surface area contributed by atoms with Crippen molar-refractivity contribution < 1.29 is 17.9 Å². The van der Waals surface area contributed by atoms with Crippen LogP contribution in [-0.4, -0.2) is 56.8 Å². The molecule has 0 spiro atoms. The number of nitrogens with one attached hydrogen (secondary N) is 1. The lowest BCUT2D eigenvalue weighted by Crippen LogP contribution is -2.46. The van der Waals surface area contributed by atoms with E-state index in [1.54, 1.807) is 47.4 Å². The predicted octanol–water partition coefficient (Wildman–Crippen LogP) is 2.70. The van der Waals surface area contributed by atoms with Crippen LogP contribution in [0.4, 0.5) is 5.69 Å². The van der Waals surface area contributed by atoms with Crippen molar-refractivity contribution in [3.8, 4) is 11.8 Å². The molecule has 0 aliphatic carbocycles. The van der Waals surface area contributed by atoms with E-state index in [1.165, 1.54) is 23.7 Å². The number of methoxy groups -OCH3 is 1. The second-order valence-corrected chi connectivity index (χ2v) is 9.06. The summed E-state index contributed by atoms with van der Waals surface area (Å²) in [6.45, 7) is 1.22. The molecule has 1 saturated heterocycles. The lowest BCUT2D eigenvalue weighted by atomic mass is 10.2. The third-order valence-electron chi connectivity index (χ3n) is 4.74. The maximum atomic E-state index is 12.7. The molecule has 1 fully saturated rings. The van der Waals surface area contributed by atoms with Gasteiger partial charge in [0.1, 0.15) is 17.4 Å². The largest absolute Gasteiger partial charge is 0.495 e. The van der Waals surface area contributed by atoms with E-state index in [2.05, 4.69) is 5.32 Å². The third-order valence-corrected chi connectivity index (χ3v) is 6.95. The fraction of sp³-hybridized carbons (Fsp3) is 0.238. The van der Waals surface area contributed by atoms with Gasteiger partial charge in [0.25, 0.3) is 5.91 Å². The molecule has 2 aromatic carbocycles. The number of hydrogen-bond donors (Lipinski definition) is 1. The van der Waals surface area contributed by atoms with Gasteiger partial charge in [0.2, 0.25) is 10.0 Å². The van der Waals surface area contributed by atoms with Gasteiger partial charge < -0.3 is 15.0 Å². The Morgan fingerprint density at radius 3 is 2.42 bits per heavy atom. The van der Waals surface area contributed by atoms with Crippen LogP contribution in [-0.2, 0) is 14.8 Å². The van der Waals surface area contributed by atoms with Crippen LogP contribution in [0.1, 0.15) is 0 Å². The van der Waals surface area contributed by atoms with Crippen LogP contribution < -0.4 is 10.1 Å². The van der Waals surface area contributed by atoms with Crippen LogP contribution in [0.2, 0.25) is 5.02 Å². The van der Waals surface area contributed by atoms with E-state index in [4.69, 9.17) is 16.3 Å². The van der Waals surface area contributed by atoms with Crippen LogP contribution >= 0.6 is 11.6 Å². The Balaban J connectivity index is 1.64. The van der Waals surface area contributed by atoms with Gasteiger partial charge in [-0.2, -0.15) is 9.57 Å². The van der Waals surface area contributed by atoms with Gasteiger partial charge in [-0.05, 0) is 30.3 Å². The van der Waals surface area contributed by atoms with Crippen molar-refractivity contribution in [2.75, 3.05) is 38.6 Å². The molecule has 1 aliphatic rings. The van der Waals surface area contributed by atoms with E-state index in [0.717, 1.165) is 0 Å². The SMILES string of the molecule is COc1ccc(NC(=O)/C(C#N)=C\N2CCN(S(=O)(=O)c3ccccc3)CC2)cc1Cl. The lowest BCUT2D eigenvalue weighted by Gasteiger charge is -2.33. The van der Waals surface area contributed by atoms with Gasteiger partial charge in [0.15, 0.2) is 0 Å². The number of amides is 1. The fourth-order valence-electron chi connectivity index (χ4n) is 3.08. The van der Waals surface area contributed by atoms with Gasteiger partial charge in [-0.15, -0.1) is 0 Å². The summed E-state index contributed by atoms with van der Waals surface area (Å²) in [7, 11) is -2.08. The average Bonchev–Trinajstić information content (AvgIpc) is 2.78. The standard InChI is InChI=1S/C21H21ClN4O4S/c1-30-20-8-7-17(13-19(20)22)24-21(27)16(14-23)15-25-9-11-26(12-10-25)31(28,29)18-5-3-2-4-6-18/h2-8,13,15H,9-12H2,1H3,(H,24,27)/b16-15-. The number of ether oxygens (including phenoxy) is 1. The first-order valence-corrected chi connectivity index (χ1v) is 11.2. The number of sulfonamides is 1. The van der Waals surface area contributed by atoms with Crippen molar-refractivity contribution in [2.45, 2.75) is 4.90 Å². The maximum absolute atomic E-state index is 12.7. The zero-order valence-corrected chi connectivity index (χ0v) is 18.4. The molecule has 0 aromatic heterocycles. The van der Waals surface area contributed by atoms with E-state index >= 15 is 0 Å². The number of anilines is 1. The summed E-state index contributed by atoms with van der Waals surface area (Å²) in [5.74, 6) is -0.109. The quantitative estimate of drug-likeness (QED) is 0.525. The molecule has 8 nitrogen and oxygen atoms in total. The average molecular weight is 461 g/mol. The zero-order chi connectivity index (χ0) is 22.4. The highest BCUT2D eigenvalue weighted by atomic mass is 35.5. The molecule has 31 heavy (non-hydrogen) atoms. The van der Waals surface area contributed by atoms with Crippen LogP contribution in [0.5, 0.6) is 5.75 Å². The Kier molecular flexibility index (Phi) is 7.17. The summed E-state index contributed by atoms with van der Waals surface area (Å²) in [5.41, 5.74) is 0.335. The fourth-order valence-corrected chi connectivity index (χ4v) is 4.78. The highest BCUT2D eigenvalue weighted by molar-refractivity contribution is 7.89. The molecule has 0 bridgehead atoms. The first-order valence-electron chi connectivity index (χ1n) is 9.41. The second-order valence-electron chi connectivity index (χ2n) is 6.71. The van der Waals surface area contributed by atoms with E-state index < -0.39 is 15.9 Å². The molecule has 0 saturated carbocycles. The highest BCUT2D eigenvalue weighted by Crippen LogP contribution is 2.27. The molecule has 1 N–H and O–H groups in total. The van der Waals surface area contributed by atoms with E-state index in [-0.39, 0.29) is 23.6 Å². The lowest BCUT2D eigenvalue weighted by molar-refractivity contribution is -0.112. The molecular formula is C21H21ClN4O4S. The summed E-state index contributed by atoms with van der Waals surface area (Å²) >= 11 is 6.06. The van der Waals surface area contributed by atoms with Crippen LogP contribution in [0.15, 0.2) is 65.2 Å². The Bertz CT molecular complexity index is 1120. The summed E-state index contributed by atoms with van der Waals surface area (Å²) < 4.78 is 31.9. The minimum atomic E-state index is -3.57. The third kappa shape index (κ3) is 5.35. The zero-order valence-electron chi connectivity index (χ0n) is 16.8. The predicted molar refractivity (Wildman–Crippen MR) is 117 cm³/mol. The molecule has 0 radical (unpaired) electrons. The minimum absolute atomic E-state index is 0.0914. The number of piperazine rings is 1. The molecule has 1 heterocycles. The van der Waals surface area contributed by atoms with E-state index in [1.807, 2.05) is 6.07 Å². The molecule has 1 aliphatic heterocycles.